The fourth-order valence-corrected chi connectivity index (χ4v) is 6.88. The van der Waals surface area contributed by atoms with Crippen molar-refractivity contribution in [2.24, 2.45) is 5.41 Å². The smallest absolute Gasteiger partial charge is 0.465 e. The molecule has 0 aromatic carbocycles. The summed E-state index contributed by atoms with van der Waals surface area (Å²) in [6.45, 7) is 5.13. The minimum atomic E-state index is -4.30. The lowest BCUT2D eigenvalue weighted by molar-refractivity contribution is -0.154. The van der Waals surface area contributed by atoms with Crippen LogP contribution in [0.25, 0.3) is 5.53 Å². The van der Waals surface area contributed by atoms with Crippen molar-refractivity contribution in [3.8, 4) is 0 Å². The first-order valence-corrected chi connectivity index (χ1v) is 12.0. The van der Waals surface area contributed by atoms with E-state index < -0.39 is 46.4 Å². The molecule has 0 aromatic rings. The second kappa shape index (κ2) is 9.10. The van der Waals surface area contributed by atoms with Crippen LogP contribution in [-0.2, 0) is 29.2 Å². The molecule has 0 amide bonds. The number of esters is 1. The highest BCUT2D eigenvalue weighted by Crippen LogP contribution is 2.26. The number of nitrogens with zero attached hydrogens (tertiary/aromatic N) is 2. The third-order valence-corrected chi connectivity index (χ3v) is 9.63. The van der Waals surface area contributed by atoms with Crippen LogP contribution in [0.2, 0.25) is 0 Å². The Morgan fingerprint density at radius 3 is 2.23 bits per heavy atom. The van der Waals surface area contributed by atoms with Crippen molar-refractivity contribution >= 4 is 30.0 Å². The van der Waals surface area contributed by atoms with Crippen molar-refractivity contribution in [2.45, 2.75) is 71.0 Å². The van der Waals surface area contributed by atoms with Crippen molar-refractivity contribution < 1.29 is 31.2 Å². The van der Waals surface area contributed by atoms with Gasteiger partial charge in [0.2, 0.25) is 0 Å². The average Bonchev–Trinajstić information content (AvgIpc) is 2.59. The molecule has 26 heavy (non-hydrogen) atoms. The topological polar surface area (TPSA) is 131 Å². The van der Waals surface area contributed by atoms with Gasteiger partial charge in [-0.05, 0) is 39.5 Å². The van der Waals surface area contributed by atoms with Gasteiger partial charge in [-0.15, -0.1) is 4.79 Å². The first-order chi connectivity index (χ1) is 12.0. The van der Waals surface area contributed by atoms with Gasteiger partial charge in [-0.25, -0.2) is 16.8 Å². The van der Waals surface area contributed by atoms with Crippen LogP contribution in [0.15, 0.2) is 0 Å². The van der Waals surface area contributed by atoms with Gasteiger partial charge < -0.3 is 10.3 Å². The Morgan fingerprint density at radius 1 is 1.15 bits per heavy atom. The van der Waals surface area contributed by atoms with Crippen LogP contribution >= 0.6 is 0 Å². The Hall–Kier alpha value is -1.25. The van der Waals surface area contributed by atoms with Crippen LogP contribution < -0.4 is 0 Å². The van der Waals surface area contributed by atoms with Gasteiger partial charge in [-0.2, -0.15) is 0 Å². The van der Waals surface area contributed by atoms with E-state index in [0.717, 1.165) is 6.42 Å². The summed E-state index contributed by atoms with van der Waals surface area (Å²) in [6.07, 6.45) is 3.53. The fraction of sp³-hybridized carbons (Fsp3) is 0.875. The fourth-order valence-electron chi connectivity index (χ4n) is 2.65. The van der Waals surface area contributed by atoms with Gasteiger partial charge in [0.05, 0.1) is 23.0 Å². The molecule has 0 aliphatic heterocycles. The second-order valence-electron chi connectivity index (χ2n) is 7.22. The van der Waals surface area contributed by atoms with Gasteiger partial charge in [0, 0.05) is 0 Å². The van der Waals surface area contributed by atoms with Gasteiger partial charge in [0.15, 0.2) is 0 Å². The molecule has 1 saturated carbocycles. The molecular formula is C16H28N2O6S2. The van der Waals surface area contributed by atoms with Crippen molar-refractivity contribution in [3.63, 3.8) is 0 Å². The van der Waals surface area contributed by atoms with E-state index in [4.69, 9.17) is 10.3 Å². The predicted octanol–water partition coefficient (Wildman–Crippen LogP) is 2.10. The molecule has 0 bridgehead atoms. The summed E-state index contributed by atoms with van der Waals surface area (Å²) in [4.78, 5) is 14.5. The average molecular weight is 409 g/mol. The summed E-state index contributed by atoms with van der Waals surface area (Å²) >= 11 is 0. The van der Waals surface area contributed by atoms with E-state index in [1.807, 2.05) is 6.92 Å². The SMILES string of the molecule is CCC(C)(C)C(=O)OCCCS(=O)(=O)C(=[N+]=[N-])S(=O)(=O)C1CCCCC1. The number of carbonyl (C=O) groups excluding carboxylic acids is 1. The molecule has 1 aliphatic carbocycles. The van der Waals surface area contributed by atoms with Gasteiger partial charge >= 0.3 is 10.3 Å². The third kappa shape index (κ3) is 5.62. The lowest BCUT2D eigenvalue weighted by Crippen LogP contribution is -2.37. The molecule has 0 spiro atoms. The van der Waals surface area contributed by atoms with Crippen molar-refractivity contribution in [1.82, 2.24) is 0 Å². The Balaban J connectivity index is 2.73. The van der Waals surface area contributed by atoms with Gasteiger partial charge in [0.1, 0.15) is 0 Å². The van der Waals surface area contributed by atoms with E-state index in [1.165, 1.54) is 0 Å². The van der Waals surface area contributed by atoms with Crippen LogP contribution in [0.3, 0.4) is 0 Å². The lowest BCUT2D eigenvalue weighted by Gasteiger charge is -2.20. The van der Waals surface area contributed by atoms with E-state index in [-0.39, 0.29) is 13.0 Å². The van der Waals surface area contributed by atoms with Gasteiger partial charge in [-0.1, -0.05) is 26.2 Å². The highest BCUT2D eigenvalue weighted by atomic mass is 32.3. The number of rotatable bonds is 7. The summed E-state index contributed by atoms with van der Waals surface area (Å²) in [5.41, 5.74) is 8.39. The standard InChI is InChI=1S/C16H28N2O6S2/c1-4-16(2,3)14(19)24-11-8-12-25(20,21)15(18-17)26(22,23)13-9-6-5-7-10-13/h13H,4-12H2,1-3H3. The molecule has 0 saturated heterocycles. The third-order valence-electron chi connectivity index (χ3n) is 4.81. The Kier molecular flexibility index (Phi) is 7.98. The zero-order chi connectivity index (χ0) is 20.0. The van der Waals surface area contributed by atoms with Crippen molar-refractivity contribution in [2.75, 3.05) is 12.4 Å². The second-order valence-corrected chi connectivity index (χ2v) is 11.6. The Bertz CT molecular complexity index is 759. The molecule has 1 aliphatic rings. The summed E-state index contributed by atoms with van der Waals surface area (Å²) in [7, 11) is -8.51. The van der Waals surface area contributed by atoms with Crippen LogP contribution in [0.5, 0.6) is 0 Å². The summed E-state index contributed by atoms with van der Waals surface area (Å²) < 4.78 is 53.6. The molecule has 1 fully saturated rings. The molecule has 0 aromatic heterocycles. The number of carbonyl (C=O) groups is 1. The summed E-state index contributed by atoms with van der Waals surface area (Å²) in [6, 6.07) is 0. The highest BCUT2D eigenvalue weighted by Gasteiger charge is 2.46. The molecule has 0 heterocycles. The minimum absolute atomic E-state index is 0.0763. The summed E-state index contributed by atoms with van der Waals surface area (Å²) in [5, 5.41) is -0.833. The number of sulfone groups is 2. The molecule has 0 N–H and O–H groups in total. The van der Waals surface area contributed by atoms with Gasteiger partial charge in [-0.3, -0.25) is 4.79 Å². The predicted molar refractivity (Wildman–Crippen MR) is 97.9 cm³/mol. The van der Waals surface area contributed by atoms with E-state index in [0.29, 0.717) is 32.1 Å². The molecule has 1 rings (SSSR count). The van der Waals surface area contributed by atoms with E-state index in [1.54, 1.807) is 13.8 Å². The van der Waals surface area contributed by atoms with Crippen molar-refractivity contribution in [1.29, 1.82) is 0 Å². The van der Waals surface area contributed by atoms with E-state index in [2.05, 4.69) is 4.79 Å². The highest BCUT2D eigenvalue weighted by molar-refractivity contribution is 8.31. The first-order valence-electron chi connectivity index (χ1n) is 8.85. The molecule has 150 valence electrons. The Morgan fingerprint density at radius 2 is 1.73 bits per heavy atom. The number of hydrogen-bond donors (Lipinski definition) is 0. The quantitative estimate of drug-likeness (QED) is 0.158. The normalized spacial score (nSPS) is 16.7. The first kappa shape index (κ1) is 22.8. The van der Waals surface area contributed by atoms with Crippen LogP contribution in [-0.4, -0.2) is 49.6 Å². The van der Waals surface area contributed by atoms with Crippen LogP contribution in [0, 0.1) is 5.41 Å². The lowest BCUT2D eigenvalue weighted by atomic mass is 9.91. The molecule has 0 atom stereocenters. The molecule has 0 unspecified atom stereocenters. The number of hydrogen-bond acceptors (Lipinski definition) is 6. The molecular weight excluding hydrogens is 380 g/mol. The van der Waals surface area contributed by atoms with Crippen LogP contribution in [0.1, 0.15) is 65.7 Å². The maximum atomic E-state index is 12.5. The molecule has 8 nitrogen and oxygen atoms in total. The monoisotopic (exact) mass is 408 g/mol. The number of ether oxygens (including phenoxy) is 1. The van der Waals surface area contributed by atoms with Crippen molar-refractivity contribution in [3.05, 3.63) is 5.53 Å². The largest absolute Gasteiger partial charge is 0.495 e. The van der Waals surface area contributed by atoms with E-state index >= 15 is 0 Å². The minimum Gasteiger partial charge on any atom is -0.465 e. The summed E-state index contributed by atoms with van der Waals surface area (Å²) in [5.74, 6) is -1.01. The molecule has 10 heteroatoms. The maximum absolute atomic E-state index is 12.5. The van der Waals surface area contributed by atoms with Gasteiger partial charge in [0.25, 0.3) is 19.7 Å². The van der Waals surface area contributed by atoms with Crippen LogP contribution in [0.4, 0.5) is 0 Å². The zero-order valence-corrected chi connectivity index (χ0v) is 17.2. The Labute approximate surface area is 155 Å². The zero-order valence-electron chi connectivity index (χ0n) is 15.6. The maximum Gasteiger partial charge on any atom is 0.495 e. The molecule has 0 radical (unpaired) electrons. The van der Waals surface area contributed by atoms with E-state index in [9.17, 15) is 21.6 Å².